The Morgan fingerprint density at radius 3 is 2.34 bits per heavy atom. The van der Waals surface area contributed by atoms with Crippen molar-refractivity contribution < 1.29 is 28.6 Å². The number of carbonyl (C=O) groups is 3. The van der Waals surface area contributed by atoms with Crippen molar-refractivity contribution in [3.05, 3.63) is 51.8 Å². The summed E-state index contributed by atoms with van der Waals surface area (Å²) in [6.45, 7) is 3.50. The molecule has 0 bridgehead atoms. The molecule has 1 saturated heterocycles. The van der Waals surface area contributed by atoms with E-state index in [0.29, 0.717) is 16.3 Å². The van der Waals surface area contributed by atoms with Gasteiger partial charge in [-0.1, -0.05) is 23.9 Å². The Labute approximate surface area is 172 Å². The average molecular weight is 418 g/mol. The van der Waals surface area contributed by atoms with Gasteiger partial charge >= 0.3 is 11.9 Å². The summed E-state index contributed by atoms with van der Waals surface area (Å²) < 4.78 is 15.4. The normalized spacial score (nSPS) is 21.2. The fourth-order valence-electron chi connectivity index (χ4n) is 3.38. The van der Waals surface area contributed by atoms with Crippen LogP contribution in [0.25, 0.3) is 0 Å². The van der Waals surface area contributed by atoms with E-state index >= 15 is 0 Å². The summed E-state index contributed by atoms with van der Waals surface area (Å²) in [4.78, 5) is 39.5. The number of hydrogen-bond acceptors (Lipinski definition) is 8. The van der Waals surface area contributed by atoms with Crippen LogP contribution in [0.2, 0.25) is 0 Å². The average Bonchev–Trinajstić information content (AvgIpc) is 3.02. The first-order valence-electron chi connectivity index (χ1n) is 8.99. The number of fused-ring (bicyclic) bond motifs is 1. The highest BCUT2D eigenvalue weighted by atomic mass is 32.2. The smallest absolute Gasteiger partial charge is 0.338 e. The van der Waals surface area contributed by atoms with Crippen LogP contribution in [0.3, 0.4) is 0 Å². The summed E-state index contributed by atoms with van der Waals surface area (Å²) in [5.41, 5.74) is 7.13. The van der Waals surface area contributed by atoms with E-state index in [1.165, 1.54) is 23.8 Å². The fourth-order valence-corrected chi connectivity index (χ4v) is 4.54. The van der Waals surface area contributed by atoms with Crippen molar-refractivity contribution in [2.45, 2.75) is 25.0 Å². The van der Waals surface area contributed by atoms with Gasteiger partial charge in [0.1, 0.15) is 11.6 Å². The molecule has 29 heavy (non-hydrogen) atoms. The number of hydrogen-bond donors (Lipinski definition) is 1. The lowest BCUT2D eigenvalue weighted by molar-refractivity contribution is -0.139. The molecule has 2 atom stereocenters. The fraction of sp³-hybridized carbons (Fsp3) is 0.350. The molecule has 2 N–H and O–H groups in total. The van der Waals surface area contributed by atoms with Crippen molar-refractivity contribution in [3.63, 3.8) is 0 Å². The molecule has 0 aromatic heterocycles. The number of carbonyl (C=O) groups excluding carboxylic acids is 3. The van der Waals surface area contributed by atoms with Gasteiger partial charge in [-0.25, -0.2) is 9.59 Å². The predicted octanol–water partition coefficient (Wildman–Crippen LogP) is 1.87. The molecule has 2 aliphatic heterocycles. The Bertz CT molecular complexity index is 921. The van der Waals surface area contributed by atoms with E-state index in [1.54, 1.807) is 45.2 Å². The standard InChI is InChI=1S/C20H22N2O6S/c1-5-28-20(25)14-13(11-6-8-12(26-3)9-7-11)15(19(24)27-4)18-22(16(14)21)17(23)10(2)29-18/h6-10,13H,5,21H2,1-4H3/t10-,13+/m0/s1. The molecular formula is C20H22N2O6S. The van der Waals surface area contributed by atoms with Crippen LogP contribution in [0, 0.1) is 0 Å². The molecule has 2 heterocycles. The van der Waals surface area contributed by atoms with E-state index in [9.17, 15) is 14.4 Å². The maximum atomic E-state index is 12.8. The number of amides is 1. The number of rotatable bonds is 5. The van der Waals surface area contributed by atoms with Crippen molar-refractivity contribution in [2.24, 2.45) is 5.73 Å². The van der Waals surface area contributed by atoms with Crippen LogP contribution in [0.15, 0.2) is 46.3 Å². The van der Waals surface area contributed by atoms with Crippen LogP contribution in [-0.4, -0.2) is 48.8 Å². The van der Waals surface area contributed by atoms with Crippen LogP contribution < -0.4 is 10.5 Å². The second-order valence-electron chi connectivity index (χ2n) is 6.37. The largest absolute Gasteiger partial charge is 0.497 e. The summed E-state index contributed by atoms with van der Waals surface area (Å²) in [7, 11) is 2.79. The van der Waals surface area contributed by atoms with E-state index in [2.05, 4.69) is 0 Å². The highest BCUT2D eigenvalue weighted by Crippen LogP contribution is 2.49. The molecule has 0 radical (unpaired) electrons. The first kappa shape index (κ1) is 20.8. The predicted molar refractivity (Wildman–Crippen MR) is 107 cm³/mol. The van der Waals surface area contributed by atoms with Crippen molar-refractivity contribution >= 4 is 29.6 Å². The lowest BCUT2D eigenvalue weighted by atomic mass is 9.82. The lowest BCUT2D eigenvalue weighted by Gasteiger charge is -2.33. The minimum Gasteiger partial charge on any atom is -0.497 e. The topological polar surface area (TPSA) is 108 Å². The second-order valence-corrected chi connectivity index (χ2v) is 7.70. The number of ether oxygens (including phenoxy) is 3. The Kier molecular flexibility index (Phi) is 5.88. The molecule has 3 rings (SSSR count). The molecule has 9 heteroatoms. The highest BCUT2D eigenvalue weighted by molar-refractivity contribution is 8.04. The Hall–Kier alpha value is -2.94. The van der Waals surface area contributed by atoms with Crippen LogP contribution in [0.1, 0.15) is 25.3 Å². The summed E-state index contributed by atoms with van der Waals surface area (Å²) in [6, 6.07) is 6.91. The molecule has 0 spiro atoms. The van der Waals surface area contributed by atoms with E-state index in [-0.39, 0.29) is 29.5 Å². The van der Waals surface area contributed by atoms with Crippen molar-refractivity contribution in [1.29, 1.82) is 0 Å². The van der Waals surface area contributed by atoms with Gasteiger partial charge < -0.3 is 19.9 Å². The van der Waals surface area contributed by atoms with E-state index < -0.39 is 23.1 Å². The van der Waals surface area contributed by atoms with Gasteiger partial charge in [-0.3, -0.25) is 9.69 Å². The third kappa shape index (κ3) is 3.46. The molecule has 154 valence electrons. The quantitative estimate of drug-likeness (QED) is 0.722. The van der Waals surface area contributed by atoms with Crippen LogP contribution >= 0.6 is 11.8 Å². The van der Waals surface area contributed by atoms with E-state index in [1.807, 2.05) is 0 Å². The third-order valence-electron chi connectivity index (χ3n) is 4.73. The SMILES string of the molecule is CCOC(=O)C1=C(N)N2C(=O)[C@H](C)SC2=C(C(=O)OC)[C@@H]1c1ccc(OC)cc1. The van der Waals surface area contributed by atoms with Gasteiger partial charge in [0.05, 0.1) is 48.2 Å². The van der Waals surface area contributed by atoms with Gasteiger partial charge in [0.25, 0.3) is 0 Å². The number of benzene rings is 1. The number of methoxy groups -OCH3 is 2. The first-order valence-corrected chi connectivity index (χ1v) is 9.87. The van der Waals surface area contributed by atoms with Gasteiger partial charge in [0.2, 0.25) is 5.91 Å². The zero-order chi connectivity index (χ0) is 21.3. The molecular weight excluding hydrogens is 396 g/mol. The molecule has 0 unspecified atom stereocenters. The van der Waals surface area contributed by atoms with Gasteiger partial charge in [-0.05, 0) is 31.5 Å². The number of esters is 2. The van der Waals surface area contributed by atoms with Crippen molar-refractivity contribution in [1.82, 2.24) is 4.90 Å². The monoisotopic (exact) mass is 418 g/mol. The molecule has 1 aromatic carbocycles. The van der Waals surface area contributed by atoms with Gasteiger partial charge in [-0.2, -0.15) is 0 Å². The Morgan fingerprint density at radius 2 is 1.79 bits per heavy atom. The number of thioether (sulfide) groups is 1. The summed E-state index contributed by atoms with van der Waals surface area (Å²) in [6.07, 6.45) is 0. The molecule has 2 aliphatic rings. The Morgan fingerprint density at radius 1 is 1.14 bits per heavy atom. The zero-order valence-electron chi connectivity index (χ0n) is 16.6. The van der Waals surface area contributed by atoms with Crippen LogP contribution in [0.4, 0.5) is 0 Å². The molecule has 1 fully saturated rings. The zero-order valence-corrected chi connectivity index (χ0v) is 17.4. The van der Waals surface area contributed by atoms with E-state index in [0.717, 1.165) is 0 Å². The second kappa shape index (κ2) is 8.20. The van der Waals surface area contributed by atoms with Crippen molar-refractivity contribution in [3.8, 4) is 5.75 Å². The van der Waals surface area contributed by atoms with Crippen molar-refractivity contribution in [2.75, 3.05) is 20.8 Å². The summed E-state index contributed by atoms with van der Waals surface area (Å²) >= 11 is 1.21. The molecule has 1 amide bonds. The maximum Gasteiger partial charge on any atom is 0.338 e. The summed E-state index contributed by atoms with van der Waals surface area (Å²) in [5, 5.41) is -0.0815. The molecule has 0 saturated carbocycles. The lowest BCUT2D eigenvalue weighted by Crippen LogP contribution is -2.40. The van der Waals surface area contributed by atoms with E-state index in [4.69, 9.17) is 19.9 Å². The van der Waals surface area contributed by atoms with Gasteiger partial charge in [-0.15, -0.1) is 0 Å². The molecule has 1 aromatic rings. The minimum atomic E-state index is -0.843. The number of nitrogens with two attached hydrogens (primary N) is 1. The van der Waals surface area contributed by atoms with Crippen LogP contribution in [-0.2, 0) is 23.9 Å². The first-order chi connectivity index (χ1) is 13.8. The highest BCUT2D eigenvalue weighted by Gasteiger charge is 2.48. The molecule has 0 aliphatic carbocycles. The minimum absolute atomic E-state index is 0.0317. The Balaban J connectivity index is 2.28. The molecule has 8 nitrogen and oxygen atoms in total. The third-order valence-corrected chi connectivity index (χ3v) is 5.91. The van der Waals surface area contributed by atoms with Gasteiger partial charge in [0.15, 0.2) is 0 Å². The summed E-state index contributed by atoms with van der Waals surface area (Å²) in [5.74, 6) is -1.90. The number of nitrogens with zero attached hydrogens (tertiary/aromatic N) is 1. The van der Waals surface area contributed by atoms with Crippen LogP contribution in [0.5, 0.6) is 5.75 Å². The van der Waals surface area contributed by atoms with Gasteiger partial charge in [0, 0.05) is 0 Å². The maximum absolute atomic E-state index is 12.8.